The van der Waals surface area contributed by atoms with Crippen LogP contribution in [0.5, 0.6) is 0 Å². The van der Waals surface area contributed by atoms with Gasteiger partial charge in [-0.05, 0) is 36.8 Å². The second-order valence-electron chi connectivity index (χ2n) is 5.89. The number of nitrogens with one attached hydrogen (secondary N) is 3. The summed E-state index contributed by atoms with van der Waals surface area (Å²) in [6, 6.07) is 15.6. The first kappa shape index (κ1) is 17.3. The standard InChI is InChI=1S/C19H20N6O/c1-13-4-3-5-15(10-13)11-20-18-12-21-25-19(24-18)23-17-8-6-16(7-9-17)22-14(2)26/h3-10,12H,11H2,1-2H3,(H,22,26)(H2,20,23,24,25). The van der Waals surface area contributed by atoms with Gasteiger partial charge in [0, 0.05) is 24.8 Å². The maximum Gasteiger partial charge on any atom is 0.249 e. The fourth-order valence-electron chi connectivity index (χ4n) is 2.43. The molecule has 0 saturated carbocycles. The number of benzene rings is 2. The van der Waals surface area contributed by atoms with Crippen molar-refractivity contribution in [3.63, 3.8) is 0 Å². The molecule has 1 amide bonds. The van der Waals surface area contributed by atoms with Crippen molar-refractivity contribution in [2.24, 2.45) is 0 Å². The molecule has 7 nitrogen and oxygen atoms in total. The number of carbonyl (C=O) groups is 1. The molecule has 132 valence electrons. The minimum atomic E-state index is -0.106. The Hall–Kier alpha value is -3.48. The number of carbonyl (C=O) groups excluding carboxylic acids is 1. The predicted octanol–water partition coefficient (Wildman–Crippen LogP) is 3.49. The second-order valence-corrected chi connectivity index (χ2v) is 5.89. The van der Waals surface area contributed by atoms with Crippen molar-refractivity contribution in [2.75, 3.05) is 16.0 Å². The smallest absolute Gasteiger partial charge is 0.249 e. The lowest BCUT2D eigenvalue weighted by Crippen LogP contribution is -2.06. The summed E-state index contributed by atoms with van der Waals surface area (Å²) in [5.74, 6) is 0.927. The van der Waals surface area contributed by atoms with E-state index in [4.69, 9.17) is 0 Å². The van der Waals surface area contributed by atoms with Crippen molar-refractivity contribution in [3.8, 4) is 0 Å². The first-order valence-corrected chi connectivity index (χ1v) is 8.22. The summed E-state index contributed by atoms with van der Waals surface area (Å²) in [5, 5.41) is 17.0. The summed E-state index contributed by atoms with van der Waals surface area (Å²) in [6.07, 6.45) is 1.58. The Kier molecular flexibility index (Phi) is 5.38. The van der Waals surface area contributed by atoms with E-state index in [2.05, 4.69) is 56.3 Å². The Morgan fingerprint density at radius 2 is 1.85 bits per heavy atom. The van der Waals surface area contributed by atoms with Crippen molar-refractivity contribution in [1.29, 1.82) is 0 Å². The van der Waals surface area contributed by atoms with Crippen molar-refractivity contribution in [3.05, 3.63) is 65.9 Å². The van der Waals surface area contributed by atoms with Crippen LogP contribution >= 0.6 is 0 Å². The van der Waals surface area contributed by atoms with Crippen LogP contribution in [0.25, 0.3) is 0 Å². The summed E-state index contributed by atoms with van der Waals surface area (Å²) in [5.41, 5.74) is 3.93. The largest absolute Gasteiger partial charge is 0.365 e. The average molecular weight is 348 g/mol. The summed E-state index contributed by atoms with van der Waals surface area (Å²) < 4.78 is 0. The molecule has 3 aromatic rings. The van der Waals surface area contributed by atoms with Gasteiger partial charge in [-0.1, -0.05) is 29.8 Å². The maximum atomic E-state index is 11.0. The van der Waals surface area contributed by atoms with Gasteiger partial charge in [-0.15, -0.1) is 5.10 Å². The van der Waals surface area contributed by atoms with Crippen molar-refractivity contribution < 1.29 is 4.79 Å². The van der Waals surface area contributed by atoms with Crippen molar-refractivity contribution in [1.82, 2.24) is 15.2 Å². The molecular formula is C19H20N6O. The van der Waals surface area contributed by atoms with Gasteiger partial charge < -0.3 is 16.0 Å². The molecule has 7 heteroatoms. The van der Waals surface area contributed by atoms with Gasteiger partial charge >= 0.3 is 0 Å². The third kappa shape index (κ3) is 5.01. The van der Waals surface area contributed by atoms with Gasteiger partial charge in [-0.2, -0.15) is 10.1 Å². The van der Waals surface area contributed by atoms with Gasteiger partial charge in [0.2, 0.25) is 11.9 Å². The topological polar surface area (TPSA) is 91.8 Å². The SMILES string of the molecule is CC(=O)Nc1ccc(Nc2nncc(NCc3cccc(C)c3)n2)cc1. The maximum absolute atomic E-state index is 11.0. The van der Waals surface area contributed by atoms with Gasteiger partial charge in [0.15, 0.2) is 5.82 Å². The molecule has 0 fully saturated rings. The highest BCUT2D eigenvalue weighted by Gasteiger charge is 2.03. The summed E-state index contributed by atoms with van der Waals surface area (Å²) >= 11 is 0. The second kappa shape index (κ2) is 8.06. The average Bonchev–Trinajstić information content (AvgIpc) is 2.62. The van der Waals surface area contributed by atoms with E-state index in [1.54, 1.807) is 18.3 Å². The van der Waals surface area contributed by atoms with Crippen LogP contribution in [-0.2, 0) is 11.3 Å². The molecule has 1 heterocycles. The van der Waals surface area contributed by atoms with E-state index >= 15 is 0 Å². The Balaban J connectivity index is 1.62. The monoisotopic (exact) mass is 348 g/mol. The zero-order valence-electron chi connectivity index (χ0n) is 14.7. The van der Waals surface area contributed by atoms with E-state index in [1.807, 2.05) is 18.2 Å². The predicted molar refractivity (Wildman–Crippen MR) is 102 cm³/mol. The van der Waals surface area contributed by atoms with Crippen LogP contribution in [0.15, 0.2) is 54.7 Å². The van der Waals surface area contributed by atoms with Crippen LogP contribution in [0.1, 0.15) is 18.1 Å². The molecule has 3 N–H and O–H groups in total. The zero-order chi connectivity index (χ0) is 18.4. The molecule has 0 radical (unpaired) electrons. The van der Waals surface area contributed by atoms with Crippen LogP contribution in [-0.4, -0.2) is 21.1 Å². The molecule has 0 spiro atoms. The number of hydrogen-bond donors (Lipinski definition) is 3. The van der Waals surface area contributed by atoms with Gasteiger partial charge in [0.25, 0.3) is 0 Å². The third-order valence-electron chi connectivity index (χ3n) is 3.58. The lowest BCUT2D eigenvalue weighted by Gasteiger charge is -2.09. The van der Waals surface area contributed by atoms with Crippen LogP contribution < -0.4 is 16.0 Å². The number of aromatic nitrogens is 3. The summed E-state index contributed by atoms with van der Waals surface area (Å²) in [4.78, 5) is 15.5. The number of amides is 1. The molecule has 0 aliphatic rings. The first-order valence-electron chi connectivity index (χ1n) is 8.22. The van der Waals surface area contributed by atoms with E-state index in [-0.39, 0.29) is 5.91 Å². The molecule has 2 aromatic carbocycles. The van der Waals surface area contributed by atoms with Crippen LogP contribution in [0.2, 0.25) is 0 Å². The van der Waals surface area contributed by atoms with Crippen LogP contribution in [0.3, 0.4) is 0 Å². The number of nitrogens with zero attached hydrogens (tertiary/aromatic N) is 3. The zero-order valence-corrected chi connectivity index (χ0v) is 14.7. The van der Waals surface area contributed by atoms with Crippen molar-refractivity contribution >= 4 is 29.0 Å². The van der Waals surface area contributed by atoms with Gasteiger partial charge in [0.1, 0.15) is 0 Å². The lowest BCUT2D eigenvalue weighted by atomic mass is 10.1. The minimum absolute atomic E-state index is 0.106. The van der Waals surface area contributed by atoms with E-state index in [1.165, 1.54) is 18.1 Å². The molecule has 1 aromatic heterocycles. The number of aryl methyl sites for hydroxylation is 1. The van der Waals surface area contributed by atoms with Crippen molar-refractivity contribution in [2.45, 2.75) is 20.4 Å². The quantitative estimate of drug-likeness (QED) is 0.631. The molecule has 0 bridgehead atoms. The van der Waals surface area contributed by atoms with Gasteiger partial charge in [-0.3, -0.25) is 4.79 Å². The summed E-state index contributed by atoms with van der Waals surface area (Å²) in [7, 11) is 0. The molecule has 0 unspecified atom stereocenters. The Labute approximate surface area is 151 Å². The highest BCUT2D eigenvalue weighted by molar-refractivity contribution is 5.88. The molecule has 0 aliphatic heterocycles. The number of anilines is 4. The van der Waals surface area contributed by atoms with Gasteiger partial charge in [0.05, 0.1) is 6.20 Å². The Bertz CT molecular complexity index is 895. The molecular weight excluding hydrogens is 328 g/mol. The minimum Gasteiger partial charge on any atom is -0.365 e. The van der Waals surface area contributed by atoms with E-state index < -0.39 is 0 Å². The lowest BCUT2D eigenvalue weighted by molar-refractivity contribution is -0.114. The number of hydrogen-bond acceptors (Lipinski definition) is 6. The van der Waals surface area contributed by atoms with E-state index in [9.17, 15) is 4.79 Å². The highest BCUT2D eigenvalue weighted by atomic mass is 16.1. The normalized spacial score (nSPS) is 10.2. The Morgan fingerprint density at radius 1 is 1.08 bits per heavy atom. The molecule has 0 saturated heterocycles. The van der Waals surface area contributed by atoms with Gasteiger partial charge in [-0.25, -0.2) is 0 Å². The van der Waals surface area contributed by atoms with E-state index in [0.717, 1.165) is 11.4 Å². The van der Waals surface area contributed by atoms with Crippen LogP contribution in [0.4, 0.5) is 23.1 Å². The molecule has 3 rings (SSSR count). The third-order valence-corrected chi connectivity index (χ3v) is 3.58. The number of rotatable bonds is 6. The fourth-order valence-corrected chi connectivity index (χ4v) is 2.43. The molecule has 26 heavy (non-hydrogen) atoms. The molecule has 0 aliphatic carbocycles. The van der Waals surface area contributed by atoms with E-state index in [0.29, 0.717) is 18.3 Å². The first-order chi connectivity index (χ1) is 12.6. The Morgan fingerprint density at radius 3 is 2.58 bits per heavy atom. The highest BCUT2D eigenvalue weighted by Crippen LogP contribution is 2.17. The summed E-state index contributed by atoms with van der Waals surface area (Å²) in [6.45, 7) is 4.20. The molecule has 0 atom stereocenters. The fraction of sp³-hybridized carbons (Fsp3) is 0.158. The van der Waals surface area contributed by atoms with Crippen LogP contribution in [0, 0.1) is 6.92 Å².